The van der Waals surface area contributed by atoms with Crippen LogP contribution in [-0.2, 0) is 13.0 Å². The second-order valence-electron chi connectivity index (χ2n) is 6.29. The Bertz CT molecular complexity index is 377. The third-order valence-electron chi connectivity index (χ3n) is 3.26. The zero-order valence-electron chi connectivity index (χ0n) is 14.6. The number of thiazole rings is 1. The van der Waals surface area contributed by atoms with Crippen molar-refractivity contribution in [1.29, 1.82) is 0 Å². The molecule has 21 heavy (non-hydrogen) atoms. The van der Waals surface area contributed by atoms with Crippen LogP contribution in [0.25, 0.3) is 0 Å². The highest BCUT2D eigenvalue weighted by atomic mass is 32.1. The number of anilines is 1. The molecule has 4 nitrogen and oxygen atoms in total. The van der Waals surface area contributed by atoms with Crippen LogP contribution in [0.5, 0.6) is 0 Å². The normalized spacial score (nSPS) is 11.6. The number of aromatic nitrogens is 1. The first-order valence-corrected chi connectivity index (χ1v) is 8.82. The lowest BCUT2D eigenvalue weighted by molar-refractivity contribution is 0.409. The van der Waals surface area contributed by atoms with Crippen molar-refractivity contribution in [2.75, 3.05) is 45.7 Å². The fraction of sp³-hybridized carbons (Fsp3) is 0.812. The molecular formula is C16H32N4S. The van der Waals surface area contributed by atoms with Gasteiger partial charge in [0.2, 0.25) is 0 Å². The summed E-state index contributed by atoms with van der Waals surface area (Å²) in [5.74, 6) is 0.651. The molecule has 1 rings (SSSR count). The summed E-state index contributed by atoms with van der Waals surface area (Å²) in [7, 11) is 6.27. The van der Waals surface area contributed by atoms with Crippen LogP contribution in [0, 0.1) is 5.92 Å². The van der Waals surface area contributed by atoms with E-state index in [9.17, 15) is 0 Å². The lowest BCUT2D eigenvalue weighted by Crippen LogP contribution is -2.34. The Morgan fingerprint density at radius 1 is 1.24 bits per heavy atom. The predicted molar refractivity (Wildman–Crippen MR) is 94.5 cm³/mol. The fourth-order valence-electron chi connectivity index (χ4n) is 2.26. The number of hydrogen-bond donors (Lipinski definition) is 1. The van der Waals surface area contributed by atoms with Crippen LogP contribution in [0.15, 0.2) is 0 Å². The number of hydrogen-bond acceptors (Lipinski definition) is 5. The predicted octanol–water partition coefficient (Wildman–Crippen LogP) is 2.84. The fourth-order valence-corrected chi connectivity index (χ4v) is 3.42. The summed E-state index contributed by atoms with van der Waals surface area (Å²) in [5.41, 5.74) is 1.28. The van der Waals surface area contributed by atoms with Crippen molar-refractivity contribution in [3.8, 4) is 0 Å². The van der Waals surface area contributed by atoms with Gasteiger partial charge in [-0.05, 0) is 33.5 Å². The third kappa shape index (κ3) is 6.32. The van der Waals surface area contributed by atoms with Gasteiger partial charge in [-0.3, -0.25) is 0 Å². The van der Waals surface area contributed by atoms with Gasteiger partial charge >= 0.3 is 0 Å². The van der Waals surface area contributed by atoms with E-state index in [0.717, 1.165) is 39.0 Å². The quantitative estimate of drug-likeness (QED) is 0.720. The second-order valence-corrected chi connectivity index (χ2v) is 7.35. The van der Waals surface area contributed by atoms with Crippen molar-refractivity contribution in [3.05, 3.63) is 10.6 Å². The lowest BCUT2D eigenvalue weighted by Gasteiger charge is -2.25. The number of aryl methyl sites for hydroxylation is 1. The topological polar surface area (TPSA) is 31.4 Å². The summed E-state index contributed by atoms with van der Waals surface area (Å²) in [6.07, 6.45) is 2.23. The molecule has 1 aromatic heterocycles. The van der Waals surface area contributed by atoms with E-state index in [1.54, 1.807) is 0 Å². The molecule has 0 unspecified atom stereocenters. The maximum Gasteiger partial charge on any atom is 0.185 e. The first kappa shape index (κ1) is 18.4. The molecule has 1 aromatic rings. The SMILES string of the molecule is CCCc1nc(N(CCN(C)C)CC(C)C)sc1CNC. The van der Waals surface area contributed by atoms with Crippen molar-refractivity contribution >= 4 is 16.5 Å². The summed E-state index contributed by atoms with van der Waals surface area (Å²) >= 11 is 1.86. The molecule has 0 aliphatic heterocycles. The Hall–Kier alpha value is -0.650. The highest BCUT2D eigenvalue weighted by Gasteiger charge is 2.16. The van der Waals surface area contributed by atoms with E-state index >= 15 is 0 Å². The molecule has 0 atom stereocenters. The van der Waals surface area contributed by atoms with E-state index in [1.807, 2.05) is 18.4 Å². The highest BCUT2D eigenvalue weighted by molar-refractivity contribution is 7.15. The van der Waals surface area contributed by atoms with Gasteiger partial charge in [0, 0.05) is 31.1 Å². The molecule has 0 aliphatic carbocycles. The Balaban J connectivity index is 2.91. The van der Waals surface area contributed by atoms with E-state index in [2.05, 4.69) is 50.0 Å². The molecule has 0 fully saturated rings. The zero-order chi connectivity index (χ0) is 15.8. The maximum absolute atomic E-state index is 4.94. The molecule has 0 radical (unpaired) electrons. The minimum Gasteiger partial charge on any atom is -0.347 e. The average Bonchev–Trinajstić information content (AvgIpc) is 2.78. The molecule has 122 valence electrons. The summed E-state index contributed by atoms with van der Waals surface area (Å²) in [6.45, 7) is 10.9. The van der Waals surface area contributed by atoms with Crippen molar-refractivity contribution in [1.82, 2.24) is 15.2 Å². The third-order valence-corrected chi connectivity index (χ3v) is 4.42. The van der Waals surface area contributed by atoms with Crippen molar-refractivity contribution in [2.24, 2.45) is 5.92 Å². The summed E-state index contributed by atoms with van der Waals surface area (Å²) in [4.78, 5) is 11.0. The molecular weight excluding hydrogens is 280 g/mol. The summed E-state index contributed by atoms with van der Waals surface area (Å²) in [6, 6.07) is 0. The van der Waals surface area contributed by atoms with Gasteiger partial charge in [0.25, 0.3) is 0 Å². The van der Waals surface area contributed by atoms with Gasteiger partial charge in [0.05, 0.1) is 5.69 Å². The number of nitrogens with zero attached hydrogens (tertiary/aromatic N) is 3. The van der Waals surface area contributed by atoms with Crippen molar-refractivity contribution < 1.29 is 0 Å². The van der Waals surface area contributed by atoms with E-state index in [1.165, 1.54) is 15.7 Å². The van der Waals surface area contributed by atoms with Crippen LogP contribution >= 0.6 is 11.3 Å². The summed E-state index contributed by atoms with van der Waals surface area (Å²) in [5, 5.41) is 4.46. The van der Waals surface area contributed by atoms with Gasteiger partial charge in [-0.1, -0.05) is 27.2 Å². The van der Waals surface area contributed by atoms with E-state index in [-0.39, 0.29) is 0 Å². The van der Waals surface area contributed by atoms with Gasteiger partial charge in [-0.2, -0.15) is 0 Å². The molecule has 1 heterocycles. The van der Waals surface area contributed by atoms with E-state index in [0.29, 0.717) is 5.92 Å². The molecule has 0 amide bonds. The second kappa shape index (κ2) is 9.38. The molecule has 1 N–H and O–H groups in total. The Morgan fingerprint density at radius 2 is 1.95 bits per heavy atom. The zero-order valence-corrected chi connectivity index (χ0v) is 15.4. The number of likely N-dealkylation sites (N-methyl/N-ethyl adjacent to an activating group) is 1. The number of nitrogens with one attached hydrogen (secondary N) is 1. The van der Waals surface area contributed by atoms with Gasteiger partial charge in [0.15, 0.2) is 5.13 Å². The van der Waals surface area contributed by atoms with E-state index < -0.39 is 0 Å². The van der Waals surface area contributed by atoms with Crippen LogP contribution < -0.4 is 10.2 Å². The molecule has 0 spiro atoms. The number of rotatable bonds is 10. The van der Waals surface area contributed by atoms with Gasteiger partial charge in [0.1, 0.15) is 0 Å². The molecule has 0 aromatic carbocycles. The minimum atomic E-state index is 0.651. The van der Waals surface area contributed by atoms with Gasteiger partial charge in [-0.25, -0.2) is 4.98 Å². The largest absolute Gasteiger partial charge is 0.347 e. The lowest BCUT2D eigenvalue weighted by atomic mass is 10.2. The van der Waals surface area contributed by atoms with Gasteiger partial charge < -0.3 is 15.1 Å². The Morgan fingerprint density at radius 3 is 2.48 bits per heavy atom. The van der Waals surface area contributed by atoms with Crippen LogP contribution in [0.3, 0.4) is 0 Å². The van der Waals surface area contributed by atoms with Crippen LogP contribution in [-0.4, -0.2) is 50.7 Å². The smallest absolute Gasteiger partial charge is 0.185 e. The van der Waals surface area contributed by atoms with Gasteiger partial charge in [-0.15, -0.1) is 11.3 Å². The van der Waals surface area contributed by atoms with Crippen LogP contribution in [0.1, 0.15) is 37.8 Å². The maximum atomic E-state index is 4.94. The first-order chi connectivity index (χ1) is 9.97. The average molecular weight is 313 g/mol. The molecule has 0 saturated heterocycles. The Labute approximate surface area is 134 Å². The van der Waals surface area contributed by atoms with Crippen molar-refractivity contribution in [3.63, 3.8) is 0 Å². The van der Waals surface area contributed by atoms with E-state index in [4.69, 9.17) is 4.98 Å². The van der Waals surface area contributed by atoms with Crippen LogP contribution in [0.2, 0.25) is 0 Å². The van der Waals surface area contributed by atoms with Crippen molar-refractivity contribution in [2.45, 2.75) is 40.2 Å². The minimum absolute atomic E-state index is 0.651. The molecule has 0 saturated carbocycles. The summed E-state index contributed by atoms with van der Waals surface area (Å²) < 4.78 is 0. The molecule has 5 heteroatoms. The molecule has 0 aliphatic rings. The standard InChI is InChI=1S/C16H32N4S/c1-7-8-14-15(11-17-4)21-16(18-14)20(12-13(2)3)10-9-19(5)6/h13,17H,7-12H2,1-6H3. The Kier molecular flexibility index (Phi) is 8.22. The first-order valence-electron chi connectivity index (χ1n) is 8.00. The molecule has 0 bridgehead atoms. The monoisotopic (exact) mass is 312 g/mol. The highest BCUT2D eigenvalue weighted by Crippen LogP contribution is 2.28. The van der Waals surface area contributed by atoms with Crippen LogP contribution in [0.4, 0.5) is 5.13 Å².